The normalized spacial score (nSPS) is 20.5. The van der Waals surface area contributed by atoms with Crippen LogP contribution in [0.1, 0.15) is 41.1 Å². The second-order valence-corrected chi connectivity index (χ2v) is 8.70. The molecule has 1 aromatic carbocycles. The van der Waals surface area contributed by atoms with Gasteiger partial charge in [-0.25, -0.2) is 0 Å². The molecular weight excluding hydrogens is 358 g/mol. The van der Waals surface area contributed by atoms with Crippen LogP contribution in [0.3, 0.4) is 0 Å². The fraction of sp³-hybridized carbons (Fsp3) is 0.480. The van der Waals surface area contributed by atoms with Gasteiger partial charge in [-0.3, -0.25) is 9.88 Å². The first-order valence-corrected chi connectivity index (χ1v) is 11.1. The number of piperidine rings is 1. The van der Waals surface area contributed by atoms with Crippen molar-refractivity contribution in [2.75, 3.05) is 45.9 Å². The standard InChI is InChI=1S/C25H31N3O/c1-18-14-23-15-19(17-28-10-12-29-13-11-28)16-24(23)25(27-18)22-4-2-20(3-5-22)21-6-8-26-9-7-21/h2-5,14,16,21,26H,6-13,15,17H2,1H3. The molecule has 0 bridgehead atoms. The molecule has 3 heterocycles. The Labute approximate surface area is 174 Å². The summed E-state index contributed by atoms with van der Waals surface area (Å²) in [6, 6.07) is 11.5. The number of rotatable bonds is 4. The van der Waals surface area contributed by atoms with E-state index in [1.54, 1.807) is 0 Å². The number of ether oxygens (including phenoxy) is 1. The molecule has 5 rings (SSSR count). The van der Waals surface area contributed by atoms with Crippen molar-refractivity contribution in [1.82, 2.24) is 15.2 Å². The largest absolute Gasteiger partial charge is 0.379 e. The number of hydrogen-bond acceptors (Lipinski definition) is 4. The molecule has 3 aliphatic rings. The Morgan fingerprint density at radius 2 is 1.86 bits per heavy atom. The number of nitrogens with zero attached hydrogens (tertiary/aromatic N) is 2. The zero-order valence-electron chi connectivity index (χ0n) is 17.4. The summed E-state index contributed by atoms with van der Waals surface area (Å²) in [5.41, 5.74) is 9.24. The maximum absolute atomic E-state index is 5.50. The van der Waals surface area contributed by atoms with Crippen LogP contribution in [0.2, 0.25) is 0 Å². The second kappa shape index (κ2) is 8.39. The first kappa shape index (κ1) is 19.0. The molecule has 0 spiro atoms. The number of fused-ring (bicyclic) bond motifs is 1. The van der Waals surface area contributed by atoms with Crippen LogP contribution in [-0.4, -0.2) is 55.8 Å². The van der Waals surface area contributed by atoms with Crippen molar-refractivity contribution in [1.29, 1.82) is 0 Å². The summed E-state index contributed by atoms with van der Waals surface area (Å²) < 4.78 is 5.50. The van der Waals surface area contributed by atoms with Crippen molar-refractivity contribution in [2.24, 2.45) is 0 Å². The molecule has 0 amide bonds. The minimum atomic E-state index is 0.696. The minimum Gasteiger partial charge on any atom is -0.379 e. The molecule has 4 nitrogen and oxygen atoms in total. The molecule has 0 atom stereocenters. The lowest BCUT2D eigenvalue weighted by molar-refractivity contribution is 0.0422. The first-order valence-electron chi connectivity index (χ1n) is 11.1. The molecule has 4 heteroatoms. The van der Waals surface area contributed by atoms with Crippen LogP contribution < -0.4 is 5.32 Å². The molecule has 0 saturated carbocycles. The van der Waals surface area contributed by atoms with Crippen molar-refractivity contribution in [2.45, 2.75) is 32.1 Å². The Hall–Kier alpha value is -2.01. The Kier molecular flexibility index (Phi) is 5.49. The van der Waals surface area contributed by atoms with Gasteiger partial charge in [0.2, 0.25) is 0 Å². The van der Waals surface area contributed by atoms with E-state index in [1.165, 1.54) is 40.7 Å². The summed E-state index contributed by atoms with van der Waals surface area (Å²) in [5.74, 6) is 0.696. The summed E-state index contributed by atoms with van der Waals surface area (Å²) in [4.78, 5) is 7.46. The van der Waals surface area contributed by atoms with Gasteiger partial charge in [0.25, 0.3) is 0 Å². The molecule has 1 N–H and O–H groups in total. The quantitative estimate of drug-likeness (QED) is 0.863. The van der Waals surface area contributed by atoms with Gasteiger partial charge in [0.05, 0.1) is 18.9 Å². The van der Waals surface area contributed by atoms with E-state index >= 15 is 0 Å². The lowest BCUT2D eigenvalue weighted by atomic mass is 9.89. The van der Waals surface area contributed by atoms with Crippen LogP contribution in [0.25, 0.3) is 17.3 Å². The third-order valence-electron chi connectivity index (χ3n) is 6.56. The minimum absolute atomic E-state index is 0.696. The fourth-order valence-corrected chi connectivity index (χ4v) is 4.99. The second-order valence-electron chi connectivity index (χ2n) is 8.70. The summed E-state index contributed by atoms with van der Waals surface area (Å²) in [7, 11) is 0. The highest BCUT2D eigenvalue weighted by Crippen LogP contribution is 2.35. The maximum Gasteiger partial charge on any atom is 0.0780 e. The van der Waals surface area contributed by atoms with Crippen LogP contribution >= 0.6 is 0 Å². The van der Waals surface area contributed by atoms with E-state index < -0.39 is 0 Å². The molecule has 2 aromatic rings. The molecule has 1 aliphatic carbocycles. The maximum atomic E-state index is 5.50. The van der Waals surface area contributed by atoms with Gasteiger partial charge in [-0.2, -0.15) is 0 Å². The van der Waals surface area contributed by atoms with Crippen molar-refractivity contribution < 1.29 is 4.74 Å². The Morgan fingerprint density at radius 3 is 2.62 bits per heavy atom. The fourth-order valence-electron chi connectivity index (χ4n) is 4.99. The number of aromatic nitrogens is 1. The van der Waals surface area contributed by atoms with Gasteiger partial charge in [-0.15, -0.1) is 0 Å². The number of benzene rings is 1. The zero-order chi connectivity index (χ0) is 19.6. The van der Waals surface area contributed by atoms with E-state index in [9.17, 15) is 0 Å². The average Bonchev–Trinajstić information content (AvgIpc) is 3.16. The zero-order valence-corrected chi connectivity index (χ0v) is 17.4. The van der Waals surface area contributed by atoms with E-state index in [1.807, 2.05) is 0 Å². The van der Waals surface area contributed by atoms with E-state index in [4.69, 9.17) is 9.72 Å². The van der Waals surface area contributed by atoms with Crippen LogP contribution in [0.4, 0.5) is 0 Å². The van der Waals surface area contributed by atoms with Crippen molar-refractivity contribution >= 4 is 6.08 Å². The van der Waals surface area contributed by atoms with Crippen LogP contribution in [0.15, 0.2) is 35.9 Å². The molecule has 152 valence electrons. The average molecular weight is 390 g/mol. The van der Waals surface area contributed by atoms with Gasteiger partial charge in [-0.05, 0) is 62.4 Å². The molecule has 2 saturated heterocycles. The molecule has 0 unspecified atom stereocenters. The lowest BCUT2D eigenvalue weighted by Crippen LogP contribution is -2.37. The third-order valence-corrected chi connectivity index (χ3v) is 6.56. The van der Waals surface area contributed by atoms with Gasteiger partial charge in [0.1, 0.15) is 0 Å². The number of aryl methyl sites for hydroxylation is 1. The number of pyridine rings is 1. The van der Waals surface area contributed by atoms with Crippen molar-refractivity contribution in [3.8, 4) is 11.3 Å². The van der Waals surface area contributed by atoms with Crippen LogP contribution in [-0.2, 0) is 11.2 Å². The van der Waals surface area contributed by atoms with E-state index in [0.717, 1.165) is 63.7 Å². The molecular formula is C25H31N3O. The highest BCUT2D eigenvalue weighted by Gasteiger charge is 2.22. The van der Waals surface area contributed by atoms with Gasteiger partial charge < -0.3 is 10.1 Å². The summed E-state index contributed by atoms with van der Waals surface area (Å²) in [6.45, 7) is 9.22. The Balaban J connectivity index is 1.39. The molecule has 0 radical (unpaired) electrons. The van der Waals surface area contributed by atoms with Gasteiger partial charge >= 0.3 is 0 Å². The molecule has 29 heavy (non-hydrogen) atoms. The van der Waals surface area contributed by atoms with E-state index in [2.05, 4.69) is 53.5 Å². The topological polar surface area (TPSA) is 37.4 Å². The van der Waals surface area contributed by atoms with Crippen LogP contribution in [0, 0.1) is 6.92 Å². The predicted octanol–water partition coefficient (Wildman–Crippen LogP) is 3.80. The number of morpholine rings is 1. The summed E-state index contributed by atoms with van der Waals surface area (Å²) >= 11 is 0. The monoisotopic (exact) mass is 389 g/mol. The lowest BCUT2D eigenvalue weighted by Gasteiger charge is -2.26. The number of nitrogens with one attached hydrogen (secondary N) is 1. The van der Waals surface area contributed by atoms with Crippen molar-refractivity contribution in [3.05, 3.63) is 58.3 Å². The van der Waals surface area contributed by atoms with E-state index in [0.29, 0.717) is 5.92 Å². The summed E-state index contributed by atoms with van der Waals surface area (Å²) in [5, 5.41) is 3.46. The van der Waals surface area contributed by atoms with Gasteiger partial charge in [-0.1, -0.05) is 35.9 Å². The molecule has 2 aliphatic heterocycles. The predicted molar refractivity (Wildman–Crippen MR) is 118 cm³/mol. The Bertz CT molecular complexity index is 891. The van der Waals surface area contributed by atoms with Crippen LogP contribution in [0.5, 0.6) is 0 Å². The van der Waals surface area contributed by atoms with Crippen molar-refractivity contribution in [3.63, 3.8) is 0 Å². The molecule has 2 fully saturated rings. The third kappa shape index (κ3) is 4.16. The smallest absolute Gasteiger partial charge is 0.0780 e. The number of hydrogen-bond donors (Lipinski definition) is 1. The SMILES string of the molecule is Cc1cc2c(c(-c3ccc(C4CCNCC4)cc3)n1)C=C(CN1CCOCC1)C2. The van der Waals surface area contributed by atoms with E-state index in [-0.39, 0.29) is 0 Å². The highest BCUT2D eigenvalue weighted by atomic mass is 16.5. The summed E-state index contributed by atoms with van der Waals surface area (Å²) in [6.07, 6.45) is 5.93. The first-order chi connectivity index (χ1) is 14.3. The Morgan fingerprint density at radius 1 is 1.10 bits per heavy atom. The highest BCUT2D eigenvalue weighted by molar-refractivity contribution is 5.78. The van der Waals surface area contributed by atoms with Gasteiger partial charge in [0.15, 0.2) is 0 Å². The molecule has 1 aromatic heterocycles. The van der Waals surface area contributed by atoms with Gasteiger partial charge in [0, 0.05) is 36.5 Å².